The van der Waals surface area contributed by atoms with Crippen LogP contribution in [0.1, 0.15) is 26.4 Å². The predicted octanol–water partition coefficient (Wildman–Crippen LogP) is 1.06. The van der Waals surface area contributed by atoms with Crippen LogP contribution in [0.3, 0.4) is 0 Å². The number of aromatic nitrogens is 1. The van der Waals surface area contributed by atoms with E-state index in [2.05, 4.69) is 10.3 Å². The van der Waals surface area contributed by atoms with E-state index in [0.717, 1.165) is 11.3 Å². The fraction of sp³-hybridized carbons (Fsp3) is 0.0833. The van der Waals surface area contributed by atoms with Gasteiger partial charge in [0.25, 0.3) is 5.91 Å². The molecule has 7 heteroatoms. The van der Waals surface area contributed by atoms with Gasteiger partial charge in [-0.2, -0.15) is 0 Å². The van der Waals surface area contributed by atoms with Crippen molar-refractivity contribution in [2.45, 2.75) is 6.54 Å². The van der Waals surface area contributed by atoms with E-state index in [1.807, 2.05) is 0 Å². The summed E-state index contributed by atoms with van der Waals surface area (Å²) in [7, 11) is 0. The van der Waals surface area contributed by atoms with Gasteiger partial charge in [0.1, 0.15) is 0 Å². The minimum atomic E-state index is -1.04. The van der Waals surface area contributed by atoms with E-state index in [1.165, 1.54) is 24.3 Å². The van der Waals surface area contributed by atoms with E-state index in [0.29, 0.717) is 11.3 Å². The number of nitrogens with one attached hydrogen (secondary N) is 2. The molecule has 0 unspecified atom stereocenters. The second-order valence-electron chi connectivity index (χ2n) is 3.74. The minimum Gasteiger partial charge on any atom is -0.478 e. The van der Waals surface area contributed by atoms with Crippen LogP contribution in [0.4, 0.5) is 0 Å². The van der Waals surface area contributed by atoms with Crippen molar-refractivity contribution in [2.75, 3.05) is 0 Å². The number of H-pyrrole nitrogens is 1. The van der Waals surface area contributed by atoms with Crippen molar-refractivity contribution >= 4 is 23.2 Å². The Kier molecular flexibility index (Phi) is 3.76. The highest BCUT2D eigenvalue weighted by atomic mass is 32.1. The molecule has 0 radical (unpaired) electrons. The maximum Gasteiger partial charge on any atom is 0.335 e. The number of hydrogen-bond acceptors (Lipinski definition) is 4. The molecule has 1 heterocycles. The van der Waals surface area contributed by atoms with Gasteiger partial charge in [-0.05, 0) is 24.3 Å². The zero-order valence-electron chi connectivity index (χ0n) is 9.67. The number of carboxylic acid groups (broad SMARTS) is 1. The zero-order valence-corrected chi connectivity index (χ0v) is 10.5. The Morgan fingerprint density at radius 3 is 2.37 bits per heavy atom. The number of carbonyl (C=O) groups is 2. The summed E-state index contributed by atoms with van der Waals surface area (Å²) < 4.78 is 0. The average Bonchev–Trinajstić information content (AvgIpc) is 2.82. The number of hydrogen-bond donors (Lipinski definition) is 3. The standard InChI is InChI=1S/C12H10N2O4S/c15-10(13-5-9-6-19-12(18)14-9)7-1-3-8(4-2-7)11(16)17/h1-4,6H,5H2,(H,13,15)(H,14,18)(H,16,17). The first-order valence-electron chi connectivity index (χ1n) is 5.34. The summed E-state index contributed by atoms with van der Waals surface area (Å²) in [5.41, 5.74) is 1.12. The third kappa shape index (κ3) is 3.29. The molecular formula is C12H10N2O4S. The molecule has 98 valence electrons. The lowest BCUT2D eigenvalue weighted by molar-refractivity contribution is 0.0696. The summed E-state index contributed by atoms with van der Waals surface area (Å²) in [4.78, 5) is 35.7. The molecule has 3 N–H and O–H groups in total. The second kappa shape index (κ2) is 5.49. The van der Waals surface area contributed by atoms with Crippen LogP contribution >= 0.6 is 11.3 Å². The summed E-state index contributed by atoms with van der Waals surface area (Å²) in [6.45, 7) is 0.220. The van der Waals surface area contributed by atoms with Crippen LogP contribution in [-0.4, -0.2) is 22.0 Å². The topological polar surface area (TPSA) is 99.3 Å². The number of aromatic amines is 1. The number of carboxylic acids is 1. The van der Waals surface area contributed by atoms with Gasteiger partial charge in [0.05, 0.1) is 12.1 Å². The predicted molar refractivity (Wildman–Crippen MR) is 69.5 cm³/mol. The van der Waals surface area contributed by atoms with E-state index >= 15 is 0 Å². The summed E-state index contributed by atoms with van der Waals surface area (Å²) >= 11 is 1.03. The van der Waals surface area contributed by atoms with Crippen LogP contribution in [-0.2, 0) is 6.54 Å². The van der Waals surface area contributed by atoms with Gasteiger partial charge in [0, 0.05) is 16.6 Å². The molecule has 0 bridgehead atoms. The highest BCUT2D eigenvalue weighted by Crippen LogP contribution is 2.05. The van der Waals surface area contributed by atoms with E-state index < -0.39 is 5.97 Å². The quantitative estimate of drug-likeness (QED) is 0.778. The number of thiazole rings is 1. The maximum absolute atomic E-state index is 11.8. The van der Waals surface area contributed by atoms with Gasteiger partial charge in [-0.1, -0.05) is 11.3 Å². The van der Waals surface area contributed by atoms with Crippen LogP contribution in [0.25, 0.3) is 0 Å². The SMILES string of the molecule is O=C(O)c1ccc(C(=O)NCc2csc(=O)[nH]2)cc1. The van der Waals surface area contributed by atoms with Crippen molar-refractivity contribution in [1.29, 1.82) is 0 Å². The normalized spacial score (nSPS) is 10.1. The number of aromatic carboxylic acids is 1. The molecule has 6 nitrogen and oxygen atoms in total. The number of carbonyl (C=O) groups excluding carboxylic acids is 1. The fourth-order valence-corrected chi connectivity index (χ4v) is 2.02. The lowest BCUT2D eigenvalue weighted by Gasteiger charge is -2.03. The van der Waals surface area contributed by atoms with Crippen molar-refractivity contribution in [1.82, 2.24) is 10.3 Å². The van der Waals surface area contributed by atoms with Gasteiger partial charge >= 0.3 is 10.8 Å². The largest absolute Gasteiger partial charge is 0.478 e. The fourth-order valence-electron chi connectivity index (χ4n) is 1.44. The maximum atomic E-state index is 11.8. The molecule has 0 fully saturated rings. The molecule has 0 aliphatic rings. The summed E-state index contributed by atoms with van der Waals surface area (Å²) in [5, 5.41) is 13.0. The molecule has 19 heavy (non-hydrogen) atoms. The molecule has 0 spiro atoms. The Balaban J connectivity index is 1.99. The Morgan fingerprint density at radius 2 is 1.84 bits per heavy atom. The number of rotatable bonds is 4. The monoisotopic (exact) mass is 278 g/mol. The Labute approximate surface area is 111 Å². The minimum absolute atomic E-state index is 0.124. The Hall–Kier alpha value is -2.41. The first-order chi connectivity index (χ1) is 9.06. The average molecular weight is 278 g/mol. The van der Waals surface area contributed by atoms with Gasteiger partial charge in [0.15, 0.2) is 0 Å². The third-order valence-corrected chi connectivity index (χ3v) is 3.12. The molecule has 1 aromatic heterocycles. The molecule has 0 saturated heterocycles. The van der Waals surface area contributed by atoms with Gasteiger partial charge in [-0.15, -0.1) is 0 Å². The summed E-state index contributed by atoms with van der Waals surface area (Å²) in [6, 6.07) is 5.61. The highest BCUT2D eigenvalue weighted by Gasteiger charge is 2.08. The number of amides is 1. The van der Waals surface area contributed by atoms with Gasteiger partial charge in [-0.3, -0.25) is 9.59 Å². The smallest absolute Gasteiger partial charge is 0.335 e. The summed E-state index contributed by atoms with van der Waals surface area (Å²) in [6.07, 6.45) is 0. The second-order valence-corrected chi connectivity index (χ2v) is 4.58. The first kappa shape index (κ1) is 13.0. The van der Waals surface area contributed by atoms with Gasteiger partial charge < -0.3 is 15.4 Å². The van der Waals surface area contributed by atoms with Gasteiger partial charge in [0.2, 0.25) is 0 Å². The molecule has 0 aliphatic carbocycles. The van der Waals surface area contributed by atoms with E-state index in [9.17, 15) is 14.4 Å². The Morgan fingerprint density at radius 1 is 1.21 bits per heavy atom. The molecule has 2 rings (SSSR count). The molecule has 1 amide bonds. The van der Waals surface area contributed by atoms with E-state index in [-0.39, 0.29) is 22.9 Å². The number of benzene rings is 1. The van der Waals surface area contributed by atoms with Crippen molar-refractivity contribution in [3.8, 4) is 0 Å². The summed E-state index contributed by atoms with van der Waals surface area (Å²) in [5.74, 6) is -1.37. The van der Waals surface area contributed by atoms with Gasteiger partial charge in [-0.25, -0.2) is 4.79 Å². The van der Waals surface area contributed by atoms with Crippen LogP contribution in [0.5, 0.6) is 0 Å². The first-order valence-corrected chi connectivity index (χ1v) is 6.22. The van der Waals surface area contributed by atoms with E-state index in [1.54, 1.807) is 5.38 Å². The Bertz CT molecular complexity index is 657. The zero-order chi connectivity index (χ0) is 13.8. The van der Waals surface area contributed by atoms with Crippen LogP contribution in [0, 0.1) is 0 Å². The highest BCUT2D eigenvalue weighted by molar-refractivity contribution is 7.07. The molecule has 0 atom stereocenters. The van der Waals surface area contributed by atoms with Crippen LogP contribution in [0.2, 0.25) is 0 Å². The lowest BCUT2D eigenvalue weighted by Crippen LogP contribution is -2.23. The van der Waals surface area contributed by atoms with Crippen molar-refractivity contribution < 1.29 is 14.7 Å². The molecule has 2 aromatic rings. The van der Waals surface area contributed by atoms with Crippen molar-refractivity contribution in [3.63, 3.8) is 0 Å². The molecule has 0 aliphatic heterocycles. The lowest BCUT2D eigenvalue weighted by atomic mass is 10.1. The van der Waals surface area contributed by atoms with Crippen LogP contribution in [0.15, 0.2) is 34.4 Å². The molecule has 0 saturated carbocycles. The van der Waals surface area contributed by atoms with Crippen LogP contribution < -0.4 is 10.2 Å². The van der Waals surface area contributed by atoms with Crippen molar-refractivity contribution in [2.24, 2.45) is 0 Å². The van der Waals surface area contributed by atoms with E-state index in [4.69, 9.17) is 5.11 Å². The van der Waals surface area contributed by atoms with Crippen molar-refractivity contribution in [3.05, 3.63) is 56.1 Å². The third-order valence-electron chi connectivity index (χ3n) is 2.40. The molecule has 1 aromatic carbocycles. The molecular weight excluding hydrogens is 268 g/mol.